The zero-order valence-corrected chi connectivity index (χ0v) is 18.6. The zero-order valence-electron chi connectivity index (χ0n) is 18.6. The van der Waals surface area contributed by atoms with E-state index in [9.17, 15) is 9.59 Å². The number of fused-ring (bicyclic) bond motifs is 3. The van der Waals surface area contributed by atoms with Crippen molar-refractivity contribution in [3.05, 3.63) is 72.8 Å². The van der Waals surface area contributed by atoms with Gasteiger partial charge in [-0.1, -0.05) is 36.4 Å². The number of hydrogen-bond acceptors (Lipinski definition) is 3. The van der Waals surface area contributed by atoms with E-state index in [1.54, 1.807) is 4.90 Å². The normalized spacial score (nSPS) is 10.8. The van der Waals surface area contributed by atoms with Crippen LogP contribution in [0.15, 0.2) is 72.8 Å². The maximum absolute atomic E-state index is 12.8. The van der Waals surface area contributed by atoms with Crippen LogP contribution in [0.4, 0.5) is 11.4 Å². The Kier molecular flexibility index (Phi) is 6.70. The highest BCUT2D eigenvalue weighted by Gasteiger charge is 2.17. The lowest BCUT2D eigenvalue weighted by atomic mass is 10.1. The van der Waals surface area contributed by atoms with Crippen molar-refractivity contribution in [1.82, 2.24) is 4.57 Å². The highest BCUT2D eigenvalue weighted by Crippen LogP contribution is 2.31. The molecule has 1 N–H and O–H groups in total. The van der Waals surface area contributed by atoms with Crippen molar-refractivity contribution in [2.45, 2.75) is 32.7 Å². The molecule has 0 radical (unpaired) electrons. The third-order valence-electron chi connectivity index (χ3n) is 5.75. The molecule has 4 rings (SSSR count). The quantitative estimate of drug-likeness (QED) is 0.396. The second-order valence-corrected chi connectivity index (χ2v) is 7.83. The number of nitrogens with zero attached hydrogens (tertiary/aromatic N) is 3. The molecule has 0 saturated carbocycles. The Morgan fingerprint density at radius 3 is 2.42 bits per heavy atom. The van der Waals surface area contributed by atoms with Crippen molar-refractivity contribution in [2.24, 2.45) is 0 Å². The van der Waals surface area contributed by atoms with Crippen LogP contribution in [0.3, 0.4) is 0 Å². The summed E-state index contributed by atoms with van der Waals surface area (Å²) in [5.41, 5.74) is 3.74. The van der Waals surface area contributed by atoms with Crippen LogP contribution in [-0.2, 0) is 16.1 Å². The number of benzene rings is 3. The molecule has 2 amide bonds. The van der Waals surface area contributed by atoms with Gasteiger partial charge in [0.15, 0.2) is 0 Å². The molecule has 0 aliphatic rings. The maximum Gasteiger partial charge on any atom is 0.227 e. The Morgan fingerprint density at radius 1 is 0.939 bits per heavy atom. The maximum atomic E-state index is 12.8. The standard InChI is InChI=1S/C27H26N4O2/c1-2-30-24-12-7-6-11-22(24)23-19-20(13-14-25(23)30)29-26(32)15-16-27(33)31(18-8-17-28)21-9-4-3-5-10-21/h3-7,9-14,19H,2,8,15-16,18H2,1H3,(H,29,32). The van der Waals surface area contributed by atoms with Crippen LogP contribution in [0, 0.1) is 11.3 Å². The number of carbonyl (C=O) groups excluding carboxylic acids is 2. The highest BCUT2D eigenvalue weighted by atomic mass is 16.2. The smallest absolute Gasteiger partial charge is 0.227 e. The minimum Gasteiger partial charge on any atom is -0.341 e. The van der Waals surface area contributed by atoms with E-state index in [2.05, 4.69) is 35.0 Å². The van der Waals surface area contributed by atoms with E-state index < -0.39 is 0 Å². The molecule has 0 saturated heterocycles. The number of hydrogen-bond donors (Lipinski definition) is 1. The van der Waals surface area contributed by atoms with Crippen molar-refractivity contribution < 1.29 is 9.59 Å². The molecule has 1 heterocycles. The predicted molar refractivity (Wildman–Crippen MR) is 132 cm³/mol. The Labute approximate surface area is 193 Å². The third-order valence-corrected chi connectivity index (χ3v) is 5.75. The van der Waals surface area contributed by atoms with Crippen LogP contribution in [0.25, 0.3) is 21.8 Å². The number of aryl methyl sites for hydroxylation is 1. The van der Waals surface area contributed by atoms with E-state index in [1.165, 1.54) is 5.52 Å². The van der Waals surface area contributed by atoms with Crippen molar-refractivity contribution in [3.8, 4) is 6.07 Å². The average Bonchev–Trinajstić information content (AvgIpc) is 3.16. The lowest BCUT2D eigenvalue weighted by molar-refractivity contribution is -0.122. The Balaban J connectivity index is 1.45. The molecule has 0 bridgehead atoms. The van der Waals surface area contributed by atoms with Crippen LogP contribution in [-0.4, -0.2) is 22.9 Å². The topological polar surface area (TPSA) is 78.1 Å². The van der Waals surface area contributed by atoms with Gasteiger partial charge < -0.3 is 14.8 Å². The van der Waals surface area contributed by atoms with Gasteiger partial charge in [0, 0.05) is 59.1 Å². The number of nitriles is 1. The fraction of sp³-hybridized carbons (Fsp3) is 0.222. The molecule has 33 heavy (non-hydrogen) atoms. The van der Waals surface area contributed by atoms with Gasteiger partial charge in [-0.15, -0.1) is 0 Å². The van der Waals surface area contributed by atoms with Gasteiger partial charge in [-0.2, -0.15) is 5.26 Å². The number of amides is 2. The van der Waals surface area contributed by atoms with Gasteiger partial charge in [0.1, 0.15) is 0 Å². The molecule has 0 aliphatic carbocycles. The fourth-order valence-electron chi connectivity index (χ4n) is 4.22. The van der Waals surface area contributed by atoms with Crippen LogP contribution in [0.2, 0.25) is 0 Å². The molecule has 3 aromatic carbocycles. The number of carbonyl (C=O) groups is 2. The molecule has 0 unspecified atom stereocenters. The highest BCUT2D eigenvalue weighted by molar-refractivity contribution is 6.10. The number of nitrogens with one attached hydrogen (secondary N) is 1. The van der Waals surface area contributed by atoms with Gasteiger partial charge in [-0.25, -0.2) is 0 Å². The molecule has 6 nitrogen and oxygen atoms in total. The van der Waals surface area contributed by atoms with Crippen LogP contribution >= 0.6 is 0 Å². The van der Waals surface area contributed by atoms with Gasteiger partial charge in [0.05, 0.1) is 12.5 Å². The SMILES string of the molecule is CCn1c2ccccc2c2cc(NC(=O)CCC(=O)N(CCC#N)c3ccccc3)ccc21. The minimum atomic E-state index is -0.213. The van der Waals surface area contributed by atoms with Gasteiger partial charge in [0.2, 0.25) is 11.8 Å². The molecular weight excluding hydrogens is 412 g/mol. The van der Waals surface area contributed by atoms with Gasteiger partial charge in [-0.3, -0.25) is 9.59 Å². The van der Waals surface area contributed by atoms with Gasteiger partial charge in [0.25, 0.3) is 0 Å². The summed E-state index contributed by atoms with van der Waals surface area (Å²) in [6.45, 7) is 3.29. The largest absolute Gasteiger partial charge is 0.341 e. The van der Waals surface area contributed by atoms with Crippen LogP contribution < -0.4 is 10.2 Å². The summed E-state index contributed by atoms with van der Waals surface area (Å²) in [7, 11) is 0. The summed E-state index contributed by atoms with van der Waals surface area (Å²) in [5, 5.41) is 14.1. The van der Waals surface area contributed by atoms with Crippen molar-refractivity contribution in [3.63, 3.8) is 0 Å². The average molecular weight is 439 g/mol. The van der Waals surface area contributed by atoms with Crippen molar-refractivity contribution >= 4 is 45.0 Å². The van der Waals surface area contributed by atoms with E-state index in [4.69, 9.17) is 5.26 Å². The molecule has 0 aliphatic heterocycles. The first-order valence-electron chi connectivity index (χ1n) is 11.2. The Bertz CT molecular complexity index is 1340. The molecule has 0 fully saturated rings. The lowest BCUT2D eigenvalue weighted by Crippen LogP contribution is -2.32. The first-order valence-corrected chi connectivity index (χ1v) is 11.2. The summed E-state index contributed by atoms with van der Waals surface area (Å²) in [5.74, 6) is -0.386. The number of aromatic nitrogens is 1. The van der Waals surface area contributed by atoms with E-state index in [1.807, 2.05) is 60.7 Å². The molecule has 4 aromatic rings. The van der Waals surface area contributed by atoms with Gasteiger partial charge in [-0.05, 0) is 43.3 Å². The summed E-state index contributed by atoms with van der Waals surface area (Å²) < 4.78 is 2.26. The Morgan fingerprint density at radius 2 is 1.67 bits per heavy atom. The summed E-state index contributed by atoms with van der Waals surface area (Å²) in [6, 6.07) is 25.5. The second kappa shape index (κ2) is 10.0. The predicted octanol–water partition coefficient (Wildman–Crippen LogP) is 5.48. The first kappa shape index (κ1) is 22.1. The van der Waals surface area contributed by atoms with E-state index in [0.717, 1.165) is 28.5 Å². The monoisotopic (exact) mass is 438 g/mol. The van der Waals surface area contributed by atoms with Crippen molar-refractivity contribution in [1.29, 1.82) is 5.26 Å². The van der Waals surface area contributed by atoms with Gasteiger partial charge >= 0.3 is 0 Å². The van der Waals surface area contributed by atoms with E-state index in [0.29, 0.717) is 12.2 Å². The Hall–Kier alpha value is -4.11. The molecule has 0 atom stereocenters. The van der Waals surface area contributed by atoms with E-state index in [-0.39, 0.29) is 31.1 Å². The molecular formula is C27H26N4O2. The molecule has 1 aromatic heterocycles. The molecule has 166 valence electrons. The van der Waals surface area contributed by atoms with Crippen molar-refractivity contribution in [2.75, 3.05) is 16.8 Å². The summed E-state index contributed by atoms with van der Waals surface area (Å²) in [6.07, 6.45) is 0.380. The number of anilines is 2. The zero-order chi connectivity index (χ0) is 23.2. The third kappa shape index (κ3) is 4.73. The minimum absolute atomic E-state index is 0.0729. The van der Waals surface area contributed by atoms with Crippen LogP contribution in [0.5, 0.6) is 0 Å². The number of para-hydroxylation sites is 2. The van der Waals surface area contributed by atoms with E-state index >= 15 is 0 Å². The first-order chi connectivity index (χ1) is 16.1. The summed E-state index contributed by atoms with van der Waals surface area (Å²) in [4.78, 5) is 27.0. The summed E-state index contributed by atoms with van der Waals surface area (Å²) >= 11 is 0. The number of rotatable bonds is 8. The molecule has 6 heteroatoms. The fourth-order valence-corrected chi connectivity index (χ4v) is 4.22. The molecule has 0 spiro atoms. The lowest BCUT2D eigenvalue weighted by Gasteiger charge is -2.21. The van der Waals surface area contributed by atoms with Crippen LogP contribution in [0.1, 0.15) is 26.2 Å². The second-order valence-electron chi connectivity index (χ2n) is 7.83.